The van der Waals surface area contributed by atoms with Gasteiger partial charge >= 0.3 is 8.80 Å². The lowest BCUT2D eigenvalue weighted by atomic mass is 10.4. The first kappa shape index (κ1) is 20.1. The zero-order chi connectivity index (χ0) is 15.3. The highest BCUT2D eigenvalue weighted by Gasteiger charge is 2.48. The molecule has 0 aromatic carbocycles. The van der Waals surface area contributed by atoms with Gasteiger partial charge in [-0.25, -0.2) is 0 Å². The first-order chi connectivity index (χ1) is 9.70. The lowest BCUT2D eigenvalue weighted by Crippen LogP contribution is -2.62. The van der Waals surface area contributed by atoms with Gasteiger partial charge in [-0.15, -0.1) is 0 Å². The third-order valence-electron chi connectivity index (χ3n) is 3.00. The molecule has 1 unspecified atom stereocenters. The maximum absolute atomic E-state index is 6.17. The lowest BCUT2D eigenvalue weighted by molar-refractivity contribution is 0.0461. The molecule has 0 aliphatic heterocycles. The van der Waals surface area contributed by atoms with E-state index in [9.17, 15) is 0 Å². The van der Waals surface area contributed by atoms with Crippen LogP contribution in [0.5, 0.6) is 0 Å². The van der Waals surface area contributed by atoms with Crippen molar-refractivity contribution in [1.29, 1.82) is 0 Å². The van der Waals surface area contributed by atoms with Crippen molar-refractivity contribution >= 4 is 8.80 Å². The summed E-state index contributed by atoms with van der Waals surface area (Å²) in [6.45, 7) is 13.8. The minimum Gasteiger partial charge on any atom is -0.373 e. The minimum absolute atomic E-state index is 0.201. The Balaban J connectivity index is 4.95. The zero-order valence-electron chi connectivity index (χ0n) is 14.2. The summed E-state index contributed by atoms with van der Waals surface area (Å²) >= 11 is 0. The Kier molecular flexibility index (Phi) is 12.8. The third-order valence-corrected chi connectivity index (χ3v) is 6.28. The molecule has 0 saturated carbocycles. The van der Waals surface area contributed by atoms with Crippen LogP contribution in [0.15, 0.2) is 0 Å². The third kappa shape index (κ3) is 7.18. The summed E-state index contributed by atoms with van der Waals surface area (Å²) in [6.07, 6.45) is 5.05. The molecule has 0 heterocycles. The van der Waals surface area contributed by atoms with Gasteiger partial charge in [0.2, 0.25) is 0 Å². The lowest BCUT2D eigenvalue weighted by Gasteiger charge is -2.36. The largest absolute Gasteiger partial charge is 0.518 e. The Morgan fingerprint density at radius 2 is 1.20 bits per heavy atom. The molecule has 20 heavy (non-hydrogen) atoms. The quantitative estimate of drug-likeness (QED) is 0.498. The number of hydrogen-bond donors (Lipinski definition) is 1. The van der Waals surface area contributed by atoms with Crippen LogP contribution < -0.4 is 5.32 Å². The van der Waals surface area contributed by atoms with E-state index in [1.807, 2.05) is 0 Å². The van der Waals surface area contributed by atoms with E-state index < -0.39 is 8.80 Å². The average Bonchev–Trinajstić information content (AvgIpc) is 2.48. The van der Waals surface area contributed by atoms with Crippen LogP contribution in [0.1, 0.15) is 66.7 Å². The Morgan fingerprint density at radius 1 is 0.750 bits per heavy atom. The molecular formula is C15H35NO3Si. The summed E-state index contributed by atoms with van der Waals surface area (Å²) in [7, 11) is -2.64. The first-order valence-corrected chi connectivity index (χ1v) is 10.2. The van der Waals surface area contributed by atoms with Crippen LogP contribution in [0.25, 0.3) is 0 Å². The Morgan fingerprint density at radius 3 is 1.50 bits per heavy atom. The number of hydrogen-bond acceptors (Lipinski definition) is 4. The van der Waals surface area contributed by atoms with Gasteiger partial charge in [0, 0.05) is 19.8 Å². The van der Waals surface area contributed by atoms with Gasteiger partial charge in [0.15, 0.2) is 0 Å². The summed E-state index contributed by atoms with van der Waals surface area (Å²) in [6, 6.07) is 0. The van der Waals surface area contributed by atoms with Crippen molar-refractivity contribution in [2.75, 3.05) is 26.4 Å². The SMILES string of the molecule is CCCNC(CC)[Si](OCCC)(OCCC)OCCC. The highest BCUT2D eigenvalue weighted by Crippen LogP contribution is 2.19. The summed E-state index contributed by atoms with van der Waals surface area (Å²) in [4.78, 5) is 0. The predicted molar refractivity (Wildman–Crippen MR) is 86.9 cm³/mol. The van der Waals surface area contributed by atoms with Crippen LogP contribution in [0, 0.1) is 0 Å². The number of nitrogens with one attached hydrogen (secondary N) is 1. The van der Waals surface area contributed by atoms with Crippen LogP contribution in [0.2, 0.25) is 0 Å². The van der Waals surface area contributed by atoms with Crippen LogP contribution in [0.3, 0.4) is 0 Å². The minimum atomic E-state index is -2.64. The van der Waals surface area contributed by atoms with Crippen molar-refractivity contribution in [1.82, 2.24) is 5.32 Å². The molecule has 0 saturated heterocycles. The molecule has 0 aliphatic rings. The molecule has 0 amide bonds. The van der Waals surface area contributed by atoms with Gasteiger partial charge in [0.05, 0.1) is 5.67 Å². The molecule has 5 heteroatoms. The monoisotopic (exact) mass is 305 g/mol. The molecule has 0 spiro atoms. The van der Waals surface area contributed by atoms with Crippen LogP contribution in [-0.4, -0.2) is 40.8 Å². The van der Waals surface area contributed by atoms with Gasteiger partial charge < -0.3 is 18.6 Å². The van der Waals surface area contributed by atoms with E-state index >= 15 is 0 Å². The summed E-state index contributed by atoms with van der Waals surface area (Å²) in [5, 5.41) is 3.57. The molecular weight excluding hydrogens is 270 g/mol. The van der Waals surface area contributed by atoms with E-state index in [4.69, 9.17) is 13.3 Å². The van der Waals surface area contributed by atoms with Gasteiger partial charge in [0.25, 0.3) is 0 Å². The van der Waals surface area contributed by atoms with Crippen molar-refractivity contribution in [2.45, 2.75) is 72.4 Å². The first-order valence-electron chi connectivity index (χ1n) is 8.35. The maximum Gasteiger partial charge on any atom is 0.518 e. The molecule has 0 aromatic rings. The normalized spacial score (nSPS) is 13.7. The summed E-state index contributed by atoms with van der Waals surface area (Å²) < 4.78 is 18.5. The molecule has 1 N–H and O–H groups in total. The Labute approximate surface area is 126 Å². The fourth-order valence-electron chi connectivity index (χ4n) is 2.00. The van der Waals surface area contributed by atoms with E-state index in [0.29, 0.717) is 19.8 Å². The van der Waals surface area contributed by atoms with Gasteiger partial charge in [0.1, 0.15) is 0 Å². The average molecular weight is 306 g/mol. The molecule has 0 aromatic heterocycles. The molecule has 0 bridgehead atoms. The van der Waals surface area contributed by atoms with Crippen LogP contribution >= 0.6 is 0 Å². The molecule has 0 aliphatic carbocycles. The van der Waals surface area contributed by atoms with Crippen molar-refractivity contribution in [2.24, 2.45) is 0 Å². The van der Waals surface area contributed by atoms with Crippen molar-refractivity contribution in [3.63, 3.8) is 0 Å². The van der Waals surface area contributed by atoms with Crippen LogP contribution in [-0.2, 0) is 13.3 Å². The van der Waals surface area contributed by atoms with Crippen molar-refractivity contribution in [3.05, 3.63) is 0 Å². The topological polar surface area (TPSA) is 39.7 Å². The Bertz CT molecular complexity index is 196. The van der Waals surface area contributed by atoms with E-state index in [2.05, 4.69) is 39.9 Å². The predicted octanol–water partition coefficient (Wildman–Crippen LogP) is 3.52. The molecule has 0 fully saturated rings. The molecule has 1 atom stereocenters. The van der Waals surface area contributed by atoms with Crippen molar-refractivity contribution < 1.29 is 13.3 Å². The van der Waals surface area contributed by atoms with Crippen molar-refractivity contribution in [3.8, 4) is 0 Å². The highest BCUT2D eigenvalue weighted by molar-refractivity contribution is 6.62. The van der Waals surface area contributed by atoms with E-state index in [1.54, 1.807) is 0 Å². The summed E-state index contributed by atoms with van der Waals surface area (Å²) in [5.41, 5.74) is 0.201. The summed E-state index contributed by atoms with van der Waals surface area (Å²) in [5.74, 6) is 0. The van der Waals surface area contributed by atoms with Gasteiger partial charge in [-0.3, -0.25) is 0 Å². The second-order valence-corrected chi connectivity index (χ2v) is 7.83. The molecule has 122 valence electrons. The second kappa shape index (κ2) is 12.8. The zero-order valence-corrected chi connectivity index (χ0v) is 15.2. The smallest absolute Gasteiger partial charge is 0.373 e. The second-order valence-electron chi connectivity index (χ2n) is 5.06. The molecule has 4 nitrogen and oxygen atoms in total. The maximum atomic E-state index is 6.17. The van der Waals surface area contributed by atoms with E-state index in [1.165, 1.54) is 0 Å². The highest BCUT2D eigenvalue weighted by atomic mass is 28.4. The fraction of sp³-hybridized carbons (Fsp3) is 1.00. The molecule has 0 radical (unpaired) electrons. The van der Waals surface area contributed by atoms with Crippen LogP contribution in [0.4, 0.5) is 0 Å². The van der Waals surface area contributed by atoms with Gasteiger partial charge in [-0.1, -0.05) is 34.6 Å². The molecule has 0 rings (SSSR count). The van der Waals surface area contributed by atoms with E-state index in [-0.39, 0.29) is 5.67 Å². The fourth-order valence-corrected chi connectivity index (χ4v) is 5.21. The standard InChI is InChI=1S/C15H35NO3Si/c1-6-11-16-15(10-5)20(17-12-7-2,18-13-8-3)19-14-9-4/h15-16H,6-14H2,1-5H3. The Hall–Kier alpha value is 0.0569. The van der Waals surface area contributed by atoms with Gasteiger partial charge in [-0.2, -0.15) is 0 Å². The van der Waals surface area contributed by atoms with Gasteiger partial charge in [-0.05, 0) is 38.6 Å². The van der Waals surface area contributed by atoms with E-state index in [0.717, 1.165) is 38.6 Å². The number of rotatable bonds is 14.